The zero-order valence-corrected chi connectivity index (χ0v) is 8.29. The number of benzene rings is 1. The van der Waals surface area contributed by atoms with Gasteiger partial charge in [0.15, 0.2) is 0 Å². The van der Waals surface area contributed by atoms with Crippen LogP contribution in [0.4, 0.5) is 0 Å². The zero-order chi connectivity index (χ0) is 10.4. The smallest absolute Gasteiger partial charge is 0.251 e. The van der Waals surface area contributed by atoms with E-state index in [4.69, 9.17) is 5.11 Å². The highest BCUT2D eigenvalue weighted by Gasteiger charge is 2.03. The van der Waals surface area contributed by atoms with Gasteiger partial charge in [0.05, 0.1) is 0 Å². The third-order valence-electron chi connectivity index (χ3n) is 1.93. The van der Waals surface area contributed by atoms with Crippen LogP contribution in [0, 0.1) is 0 Å². The van der Waals surface area contributed by atoms with E-state index in [1.807, 2.05) is 19.1 Å². The van der Waals surface area contributed by atoms with E-state index in [1.54, 1.807) is 12.1 Å². The Morgan fingerprint density at radius 1 is 1.50 bits per heavy atom. The topological polar surface area (TPSA) is 49.3 Å². The maximum Gasteiger partial charge on any atom is 0.251 e. The standard InChI is InChI=1S/C11H15NO2/c1-2-12-11(14)10-5-3-4-9(8-10)6-7-13/h3-5,8,13H,2,6-7H2,1H3,(H,12,14). The Morgan fingerprint density at radius 3 is 2.93 bits per heavy atom. The first-order valence-electron chi connectivity index (χ1n) is 4.76. The Kier molecular flexibility index (Phi) is 4.13. The van der Waals surface area contributed by atoms with E-state index in [2.05, 4.69) is 5.32 Å². The first-order chi connectivity index (χ1) is 6.77. The van der Waals surface area contributed by atoms with Gasteiger partial charge in [-0.25, -0.2) is 0 Å². The highest BCUT2D eigenvalue weighted by Crippen LogP contribution is 2.05. The molecule has 0 saturated carbocycles. The summed E-state index contributed by atoms with van der Waals surface area (Å²) in [5, 5.41) is 11.5. The molecule has 3 heteroatoms. The summed E-state index contributed by atoms with van der Waals surface area (Å²) in [5.41, 5.74) is 1.63. The molecule has 0 atom stereocenters. The quantitative estimate of drug-likeness (QED) is 0.748. The molecule has 0 unspecified atom stereocenters. The predicted octanol–water partition coefficient (Wildman–Crippen LogP) is 0.971. The molecule has 0 aliphatic carbocycles. The summed E-state index contributed by atoms with van der Waals surface area (Å²) in [7, 11) is 0. The van der Waals surface area contributed by atoms with Gasteiger partial charge >= 0.3 is 0 Å². The lowest BCUT2D eigenvalue weighted by Gasteiger charge is -2.04. The molecule has 1 aromatic rings. The van der Waals surface area contributed by atoms with Crippen molar-refractivity contribution in [3.8, 4) is 0 Å². The first-order valence-corrected chi connectivity index (χ1v) is 4.76. The number of carbonyl (C=O) groups is 1. The zero-order valence-electron chi connectivity index (χ0n) is 8.29. The van der Waals surface area contributed by atoms with Crippen LogP contribution in [0.1, 0.15) is 22.8 Å². The van der Waals surface area contributed by atoms with E-state index < -0.39 is 0 Å². The molecule has 0 aliphatic heterocycles. The fraction of sp³-hybridized carbons (Fsp3) is 0.364. The molecular formula is C11H15NO2. The number of carbonyl (C=O) groups excluding carboxylic acids is 1. The first kappa shape index (κ1) is 10.7. The van der Waals surface area contributed by atoms with Crippen LogP contribution in [0.15, 0.2) is 24.3 Å². The summed E-state index contributed by atoms with van der Waals surface area (Å²) in [6, 6.07) is 7.31. The molecule has 76 valence electrons. The van der Waals surface area contributed by atoms with E-state index >= 15 is 0 Å². The summed E-state index contributed by atoms with van der Waals surface area (Å²) in [6.07, 6.45) is 0.591. The molecule has 0 aliphatic rings. The molecule has 2 N–H and O–H groups in total. The number of aliphatic hydroxyl groups excluding tert-OH is 1. The molecule has 0 bridgehead atoms. The number of nitrogens with one attached hydrogen (secondary N) is 1. The fourth-order valence-electron chi connectivity index (χ4n) is 1.26. The average Bonchev–Trinajstić information content (AvgIpc) is 2.19. The second-order valence-electron chi connectivity index (χ2n) is 3.03. The summed E-state index contributed by atoms with van der Waals surface area (Å²) in [5.74, 6) is -0.0627. The summed E-state index contributed by atoms with van der Waals surface area (Å²) in [4.78, 5) is 11.4. The van der Waals surface area contributed by atoms with Crippen molar-refractivity contribution in [2.45, 2.75) is 13.3 Å². The molecule has 1 rings (SSSR count). The highest BCUT2D eigenvalue weighted by molar-refractivity contribution is 5.94. The van der Waals surface area contributed by atoms with Crippen molar-refractivity contribution >= 4 is 5.91 Å². The van der Waals surface area contributed by atoms with Gasteiger partial charge in [-0.05, 0) is 31.0 Å². The van der Waals surface area contributed by atoms with Gasteiger partial charge in [0.25, 0.3) is 5.91 Å². The molecule has 0 saturated heterocycles. The van der Waals surface area contributed by atoms with Crippen molar-refractivity contribution in [2.75, 3.05) is 13.2 Å². The number of aliphatic hydroxyl groups is 1. The SMILES string of the molecule is CCNC(=O)c1cccc(CCO)c1. The van der Waals surface area contributed by atoms with E-state index in [0.717, 1.165) is 5.56 Å². The molecule has 0 radical (unpaired) electrons. The van der Waals surface area contributed by atoms with E-state index in [1.165, 1.54) is 0 Å². The lowest BCUT2D eigenvalue weighted by atomic mass is 10.1. The molecule has 1 amide bonds. The molecule has 3 nitrogen and oxygen atoms in total. The van der Waals surface area contributed by atoms with Crippen LogP contribution in [0.2, 0.25) is 0 Å². The summed E-state index contributed by atoms with van der Waals surface area (Å²) >= 11 is 0. The Balaban J connectivity index is 2.77. The summed E-state index contributed by atoms with van der Waals surface area (Å²) < 4.78 is 0. The minimum atomic E-state index is -0.0627. The lowest BCUT2D eigenvalue weighted by molar-refractivity contribution is 0.0955. The molecule has 14 heavy (non-hydrogen) atoms. The minimum Gasteiger partial charge on any atom is -0.396 e. The predicted molar refractivity (Wildman–Crippen MR) is 55.2 cm³/mol. The lowest BCUT2D eigenvalue weighted by Crippen LogP contribution is -2.22. The van der Waals surface area contributed by atoms with Gasteiger partial charge in [0.2, 0.25) is 0 Å². The van der Waals surface area contributed by atoms with Crippen molar-refractivity contribution < 1.29 is 9.90 Å². The summed E-state index contributed by atoms with van der Waals surface area (Å²) in [6.45, 7) is 2.62. The van der Waals surface area contributed by atoms with E-state index in [-0.39, 0.29) is 12.5 Å². The van der Waals surface area contributed by atoms with Gasteiger partial charge in [-0.3, -0.25) is 4.79 Å². The van der Waals surface area contributed by atoms with Crippen LogP contribution in [-0.2, 0) is 6.42 Å². The fourth-order valence-corrected chi connectivity index (χ4v) is 1.26. The van der Waals surface area contributed by atoms with Crippen molar-refractivity contribution in [1.82, 2.24) is 5.32 Å². The molecule has 0 heterocycles. The minimum absolute atomic E-state index is 0.0627. The molecule has 0 spiro atoms. The second kappa shape index (κ2) is 5.40. The largest absolute Gasteiger partial charge is 0.396 e. The Labute approximate surface area is 83.8 Å². The number of amides is 1. The van der Waals surface area contributed by atoms with Crippen molar-refractivity contribution in [1.29, 1.82) is 0 Å². The molecule has 0 aromatic heterocycles. The van der Waals surface area contributed by atoms with Crippen LogP contribution in [0.25, 0.3) is 0 Å². The van der Waals surface area contributed by atoms with Gasteiger partial charge in [0.1, 0.15) is 0 Å². The highest BCUT2D eigenvalue weighted by atomic mass is 16.2. The van der Waals surface area contributed by atoms with Gasteiger partial charge in [-0.15, -0.1) is 0 Å². The van der Waals surface area contributed by atoms with E-state index in [9.17, 15) is 4.79 Å². The molecular weight excluding hydrogens is 178 g/mol. The van der Waals surface area contributed by atoms with Crippen molar-refractivity contribution in [2.24, 2.45) is 0 Å². The Bertz CT molecular complexity index is 310. The Hall–Kier alpha value is -1.35. The van der Waals surface area contributed by atoms with Crippen molar-refractivity contribution in [3.63, 3.8) is 0 Å². The average molecular weight is 193 g/mol. The van der Waals surface area contributed by atoms with Gasteiger partial charge in [0, 0.05) is 18.7 Å². The number of rotatable bonds is 4. The molecule has 1 aromatic carbocycles. The van der Waals surface area contributed by atoms with Crippen molar-refractivity contribution in [3.05, 3.63) is 35.4 Å². The van der Waals surface area contributed by atoms with Crippen LogP contribution in [0.5, 0.6) is 0 Å². The van der Waals surface area contributed by atoms with E-state index in [0.29, 0.717) is 18.5 Å². The third kappa shape index (κ3) is 2.85. The van der Waals surface area contributed by atoms with Crippen LogP contribution < -0.4 is 5.32 Å². The monoisotopic (exact) mass is 193 g/mol. The van der Waals surface area contributed by atoms with Crippen LogP contribution in [0.3, 0.4) is 0 Å². The Morgan fingerprint density at radius 2 is 2.29 bits per heavy atom. The van der Waals surface area contributed by atoms with Gasteiger partial charge in [-0.1, -0.05) is 12.1 Å². The molecule has 0 fully saturated rings. The third-order valence-corrected chi connectivity index (χ3v) is 1.93. The van der Waals surface area contributed by atoms with Crippen LogP contribution >= 0.6 is 0 Å². The van der Waals surface area contributed by atoms with Crippen LogP contribution in [-0.4, -0.2) is 24.2 Å². The maximum atomic E-state index is 11.4. The number of hydrogen-bond acceptors (Lipinski definition) is 2. The number of hydrogen-bond donors (Lipinski definition) is 2. The van der Waals surface area contributed by atoms with Gasteiger partial charge < -0.3 is 10.4 Å². The second-order valence-corrected chi connectivity index (χ2v) is 3.03. The van der Waals surface area contributed by atoms with Gasteiger partial charge in [-0.2, -0.15) is 0 Å². The maximum absolute atomic E-state index is 11.4. The normalized spacial score (nSPS) is 9.86.